The minimum Gasteiger partial charge on any atom is -0.449 e. The van der Waals surface area contributed by atoms with Crippen LogP contribution in [0.3, 0.4) is 0 Å². The summed E-state index contributed by atoms with van der Waals surface area (Å²) in [5.41, 5.74) is 1.98. The average molecular weight is 292 g/mol. The molecule has 1 aromatic carbocycles. The van der Waals surface area contributed by atoms with Crippen molar-refractivity contribution in [3.8, 4) is 0 Å². The zero-order chi connectivity index (χ0) is 15.1. The molecule has 0 aliphatic carbocycles. The van der Waals surface area contributed by atoms with Crippen molar-refractivity contribution in [1.82, 2.24) is 4.90 Å². The Morgan fingerprint density at radius 3 is 2.62 bits per heavy atom. The van der Waals surface area contributed by atoms with Crippen LogP contribution in [-0.2, 0) is 11.3 Å². The van der Waals surface area contributed by atoms with E-state index in [2.05, 4.69) is 11.8 Å². The maximum atomic E-state index is 11.9. The van der Waals surface area contributed by atoms with Crippen molar-refractivity contribution >= 4 is 11.8 Å². The van der Waals surface area contributed by atoms with Crippen molar-refractivity contribution in [1.29, 1.82) is 0 Å². The summed E-state index contributed by atoms with van der Waals surface area (Å²) in [5.74, 6) is 0. The van der Waals surface area contributed by atoms with E-state index in [0.29, 0.717) is 19.7 Å². The second kappa shape index (κ2) is 7.88. The fraction of sp³-hybridized carbons (Fsp3) is 0.562. The van der Waals surface area contributed by atoms with E-state index in [9.17, 15) is 9.90 Å². The van der Waals surface area contributed by atoms with Crippen molar-refractivity contribution in [2.24, 2.45) is 0 Å². The standard InChI is InChI=1S/C16H24N2O3/c1-2-3-12-21-16(20)18-10-8-17(9-11-18)15-7-5-4-6-14(15)13-19/h4-7,19H,2-3,8-13H2,1H3. The Labute approximate surface area is 126 Å². The molecule has 1 saturated heterocycles. The number of carbonyl (C=O) groups is 1. The number of piperazine rings is 1. The largest absolute Gasteiger partial charge is 0.449 e. The number of hydrogen-bond donors (Lipinski definition) is 1. The normalized spacial score (nSPS) is 15.1. The van der Waals surface area contributed by atoms with Crippen LogP contribution in [0, 0.1) is 0 Å². The number of amides is 1. The number of benzene rings is 1. The summed E-state index contributed by atoms with van der Waals surface area (Å²) in [5, 5.41) is 9.40. The Kier molecular flexibility index (Phi) is 5.87. The van der Waals surface area contributed by atoms with Gasteiger partial charge in [-0.3, -0.25) is 0 Å². The summed E-state index contributed by atoms with van der Waals surface area (Å²) >= 11 is 0. The van der Waals surface area contributed by atoms with Crippen molar-refractivity contribution in [2.45, 2.75) is 26.4 Å². The molecule has 116 valence electrons. The highest BCUT2D eigenvalue weighted by Crippen LogP contribution is 2.21. The first-order valence-corrected chi connectivity index (χ1v) is 7.61. The van der Waals surface area contributed by atoms with Crippen molar-refractivity contribution in [2.75, 3.05) is 37.7 Å². The van der Waals surface area contributed by atoms with Gasteiger partial charge in [-0.05, 0) is 12.5 Å². The summed E-state index contributed by atoms with van der Waals surface area (Å²) in [6, 6.07) is 7.85. The zero-order valence-corrected chi connectivity index (χ0v) is 12.6. The molecule has 1 N–H and O–H groups in total. The summed E-state index contributed by atoms with van der Waals surface area (Å²) < 4.78 is 5.24. The molecule has 2 rings (SSSR count). The van der Waals surface area contributed by atoms with Gasteiger partial charge in [0.05, 0.1) is 13.2 Å². The topological polar surface area (TPSA) is 53.0 Å². The third-order valence-corrected chi connectivity index (χ3v) is 3.76. The molecule has 21 heavy (non-hydrogen) atoms. The van der Waals surface area contributed by atoms with Crippen molar-refractivity contribution in [3.63, 3.8) is 0 Å². The lowest BCUT2D eigenvalue weighted by atomic mass is 10.1. The van der Waals surface area contributed by atoms with Crippen molar-refractivity contribution in [3.05, 3.63) is 29.8 Å². The van der Waals surface area contributed by atoms with Crippen LogP contribution in [0.25, 0.3) is 0 Å². The number of unbranched alkanes of at least 4 members (excludes halogenated alkanes) is 1. The van der Waals surface area contributed by atoms with E-state index in [1.54, 1.807) is 4.90 Å². The SMILES string of the molecule is CCCCOC(=O)N1CCN(c2ccccc2CO)CC1. The van der Waals surface area contributed by atoms with Gasteiger partial charge in [-0.2, -0.15) is 0 Å². The van der Waals surface area contributed by atoms with E-state index >= 15 is 0 Å². The molecule has 5 heteroatoms. The van der Waals surface area contributed by atoms with Gasteiger partial charge in [-0.1, -0.05) is 31.5 Å². The lowest BCUT2D eigenvalue weighted by molar-refractivity contribution is 0.0989. The van der Waals surface area contributed by atoms with E-state index in [1.165, 1.54) is 0 Å². The molecular formula is C16H24N2O3. The van der Waals surface area contributed by atoms with Crippen LogP contribution >= 0.6 is 0 Å². The second-order valence-electron chi connectivity index (χ2n) is 5.23. The van der Waals surface area contributed by atoms with Crippen LogP contribution < -0.4 is 4.90 Å². The molecule has 1 aromatic rings. The molecule has 0 spiro atoms. The first kappa shape index (κ1) is 15.6. The van der Waals surface area contributed by atoms with Crippen LogP contribution in [0.15, 0.2) is 24.3 Å². The molecule has 1 amide bonds. The van der Waals surface area contributed by atoms with E-state index in [-0.39, 0.29) is 12.7 Å². The first-order chi connectivity index (χ1) is 10.3. The minimum atomic E-state index is -0.210. The van der Waals surface area contributed by atoms with Crippen LogP contribution in [0.2, 0.25) is 0 Å². The first-order valence-electron chi connectivity index (χ1n) is 7.61. The molecule has 0 aromatic heterocycles. The molecule has 0 radical (unpaired) electrons. The molecule has 0 saturated carbocycles. The van der Waals surface area contributed by atoms with Crippen LogP contribution in [0.1, 0.15) is 25.3 Å². The van der Waals surface area contributed by atoms with Gasteiger partial charge < -0.3 is 19.6 Å². The smallest absolute Gasteiger partial charge is 0.409 e. The lowest BCUT2D eigenvalue weighted by Crippen LogP contribution is -2.49. The van der Waals surface area contributed by atoms with E-state index < -0.39 is 0 Å². The minimum absolute atomic E-state index is 0.0371. The number of aliphatic hydroxyl groups excluding tert-OH is 1. The summed E-state index contributed by atoms with van der Waals surface area (Å²) in [6.07, 6.45) is 1.73. The van der Waals surface area contributed by atoms with Crippen molar-refractivity contribution < 1.29 is 14.6 Å². The summed E-state index contributed by atoms with van der Waals surface area (Å²) in [6.45, 7) is 5.46. The van der Waals surface area contributed by atoms with Gasteiger partial charge >= 0.3 is 6.09 Å². The van der Waals surface area contributed by atoms with E-state index in [0.717, 1.165) is 37.2 Å². The van der Waals surface area contributed by atoms with Crippen LogP contribution in [0.4, 0.5) is 10.5 Å². The molecule has 0 bridgehead atoms. The third-order valence-electron chi connectivity index (χ3n) is 3.76. The fourth-order valence-electron chi connectivity index (χ4n) is 2.48. The predicted molar refractivity (Wildman–Crippen MR) is 82.4 cm³/mol. The zero-order valence-electron chi connectivity index (χ0n) is 12.6. The highest BCUT2D eigenvalue weighted by atomic mass is 16.6. The molecule has 0 atom stereocenters. The number of para-hydroxylation sites is 1. The Bertz CT molecular complexity index is 457. The molecular weight excluding hydrogens is 268 g/mol. The number of nitrogens with zero attached hydrogens (tertiary/aromatic N) is 2. The number of rotatable bonds is 5. The molecule has 0 unspecified atom stereocenters. The molecule has 1 aliphatic rings. The summed E-state index contributed by atoms with van der Waals surface area (Å²) in [4.78, 5) is 15.9. The molecule has 5 nitrogen and oxygen atoms in total. The van der Waals surface area contributed by atoms with Gasteiger partial charge in [0.25, 0.3) is 0 Å². The average Bonchev–Trinajstić information content (AvgIpc) is 2.55. The second-order valence-corrected chi connectivity index (χ2v) is 5.23. The quantitative estimate of drug-likeness (QED) is 0.846. The Balaban J connectivity index is 1.87. The number of anilines is 1. The number of carbonyl (C=O) groups excluding carboxylic acids is 1. The number of ether oxygens (including phenoxy) is 1. The monoisotopic (exact) mass is 292 g/mol. The van der Waals surface area contributed by atoms with Gasteiger partial charge in [-0.15, -0.1) is 0 Å². The van der Waals surface area contributed by atoms with E-state index in [4.69, 9.17) is 4.74 Å². The molecule has 1 heterocycles. The van der Waals surface area contributed by atoms with Gasteiger partial charge in [-0.25, -0.2) is 4.79 Å². The summed E-state index contributed by atoms with van der Waals surface area (Å²) in [7, 11) is 0. The Morgan fingerprint density at radius 2 is 1.95 bits per heavy atom. The van der Waals surface area contributed by atoms with Crippen LogP contribution in [0.5, 0.6) is 0 Å². The Hall–Kier alpha value is -1.75. The fourth-order valence-corrected chi connectivity index (χ4v) is 2.48. The molecule has 1 aliphatic heterocycles. The highest BCUT2D eigenvalue weighted by Gasteiger charge is 2.23. The van der Waals surface area contributed by atoms with E-state index in [1.807, 2.05) is 24.3 Å². The number of hydrogen-bond acceptors (Lipinski definition) is 4. The van der Waals surface area contributed by atoms with Crippen LogP contribution in [-0.4, -0.2) is 48.9 Å². The predicted octanol–water partition coefficient (Wildman–Crippen LogP) is 2.24. The maximum absolute atomic E-state index is 11.9. The van der Waals surface area contributed by atoms with Gasteiger partial charge in [0.1, 0.15) is 0 Å². The third kappa shape index (κ3) is 4.11. The lowest BCUT2D eigenvalue weighted by Gasteiger charge is -2.36. The van der Waals surface area contributed by atoms with Gasteiger partial charge in [0, 0.05) is 37.4 Å². The molecule has 1 fully saturated rings. The Morgan fingerprint density at radius 1 is 1.24 bits per heavy atom. The van der Waals surface area contributed by atoms with Gasteiger partial charge in [0.15, 0.2) is 0 Å². The number of aliphatic hydroxyl groups is 1. The van der Waals surface area contributed by atoms with Gasteiger partial charge in [0.2, 0.25) is 0 Å². The maximum Gasteiger partial charge on any atom is 0.409 e. The highest BCUT2D eigenvalue weighted by molar-refractivity contribution is 5.68.